The van der Waals surface area contributed by atoms with E-state index in [1.165, 1.54) is 0 Å². The van der Waals surface area contributed by atoms with Crippen LogP contribution in [-0.4, -0.2) is 41.5 Å². The van der Waals surface area contributed by atoms with Gasteiger partial charge >= 0.3 is 0 Å². The summed E-state index contributed by atoms with van der Waals surface area (Å²) in [6.07, 6.45) is 3.41. The van der Waals surface area contributed by atoms with Crippen molar-refractivity contribution in [2.24, 2.45) is 0 Å². The van der Waals surface area contributed by atoms with E-state index in [-0.39, 0.29) is 24.2 Å². The third-order valence-electron chi connectivity index (χ3n) is 3.85. The zero-order valence-corrected chi connectivity index (χ0v) is 14.0. The van der Waals surface area contributed by atoms with Crippen molar-refractivity contribution in [2.45, 2.75) is 46.2 Å². The Hall–Kier alpha value is -1.54. The van der Waals surface area contributed by atoms with Gasteiger partial charge in [0.25, 0.3) is 0 Å². The molecule has 0 spiro atoms. The van der Waals surface area contributed by atoms with Crippen LogP contribution in [0.5, 0.6) is 0 Å². The number of amides is 1. The van der Waals surface area contributed by atoms with Crippen LogP contribution in [0, 0.1) is 6.92 Å². The van der Waals surface area contributed by atoms with Crippen LogP contribution in [0.2, 0.25) is 0 Å². The Morgan fingerprint density at radius 2 is 2.23 bits per heavy atom. The predicted molar refractivity (Wildman–Crippen MR) is 82.4 cm³/mol. The number of hydrogen-bond acceptors (Lipinski definition) is 5. The van der Waals surface area contributed by atoms with E-state index in [0.29, 0.717) is 12.4 Å². The lowest BCUT2D eigenvalue weighted by molar-refractivity contribution is -0.129. The first-order valence-corrected chi connectivity index (χ1v) is 9.06. The Kier molecular flexibility index (Phi) is 5.12. The normalized spacial score (nSPS) is 18.7. The SMILES string of the molecule is CCS(=O)(=O)NCc1cnc(C)nc1[C@H]1CCCN1C(C)=O. The molecule has 1 aromatic rings. The highest BCUT2D eigenvalue weighted by Crippen LogP contribution is 2.32. The lowest BCUT2D eigenvalue weighted by atomic mass is 10.1. The smallest absolute Gasteiger partial charge is 0.220 e. The largest absolute Gasteiger partial charge is 0.334 e. The van der Waals surface area contributed by atoms with Crippen LogP contribution in [0.25, 0.3) is 0 Å². The molecule has 8 heteroatoms. The number of carbonyl (C=O) groups excluding carboxylic acids is 1. The van der Waals surface area contributed by atoms with Crippen LogP contribution in [0.3, 0.4) is 0 Å². The summed E-state index contributed by atoms with van der Waals surface area (Å²) in [5.74, 6) is 0.657. The van der Waals surface area contributed by atoms with Crippen molar-refractivity contribution in [1.29, 1.82) is 0 Å². The van der Waals surface area contributed by atoms with Crippen LogP contribution in [0.15, 0.2) is 6.20 Å². The van der Waals surface area contributed by atoms with Crippen molar-refractivity contribution < 1.29 is 13.2 Å². The Morgan fingerprint density at radius 1 is 1.50 bits per heavy atom. The number of aromatic nitrogens is 2. The molecule has 7 nitrogen and oxygen atoms in total. The van der Waals surface area contributed by atoms with Gasteiger partial charge in [0.1, 0.15) is 5.82 Å². The minimum atomic E-state index is -3.28. The molecule has 2 heterocycles. The van der Waals surface area contributed by atoms with Gasteiger partial charge in [-0.1, -0.05) is 0 Å². The fourth-order valence-corrected chi connectivity index (χ4v) is 3.23. The number of hydrogen-bond donors (Lipinski definition) is 1. The van der Waals surface area contributed by atoms with Crippen LogP contribution in [0.4, 0.5) is 0 Å². The summed E-state index contributed by atoms with van der Waals surface area (Å²) >= 11 is 0. The molecular formula is C14H22N4O3S. The highest BCUT2D eigenvalue weighted by molar-refractivity contribution is 7.89. The minimum absolute atomic E-state index is 0.0128. The maximum absolute atomic E-state index is 11.8. The topological polar surface area (TPSA) is 92.3 Å². The van der Waals surface area contributed by atoms with Gasteiger partial charge in [-0.3, -0.25) is 4.79 Å². The van der Waals surface area contributed by atoms with E-state index < -0.39 is 10.0 Å². The maximum atomic E-state index is 11.8. The second kappa shape index (κ2) is 6.70. The molecule has 1 N–H and O–H groups in total. The Labute approximate surface area is 131 Å². The first-order valence-electron chi connectivity index (χ1n) is 7.41. The van der Waals surface area contributed by atoms with Gasteiger partial charge < -0.3 is 4.90 Å². The van der Waals surface area contributed by atoms with E-state index in [0.717, 1.165) is 24.1 Å². The number of rotatable bonds is 5. The van der Waals surface area contributed by atoms with Crippen LogP contribution in [-0.2, 0) is 21.4 Å². The summed E-state index contributed by atoms with van der Waals surface area (Å²) < 4.78 is 25.8. The fourth-order valence-electron chi connectivity index (χ4n) is 2.65. The predicted octanol–water partition coefficient (Wildman–Crippen LogP) is 0.908. The molecule has 22 heavy (non-hydrogen) atoms. The monoisotopic (exact) mass is 326 g/mol. The Morgan fingerprint density at radius 3 is 2.86 bits per heavy atom. The molecule has 0 bridgehead atoms. The third kappa shape index (κ3) is 3.80. The molecular weight excluding hydrogens is 304 g/mol. The van der Waals surface area contributed by atoms with Gasteiger partial charge in [-0.15, -0.1) is 0 Å². The van der Waals surface area contributed by atoms with Gasteiger partial charge in [-0.2, -0.15) is 0 Å². The van der Waals surface area contributed by atoms with Crippen LogP contribution < -0.4 is 4.72 Å². The fraction of sp³-hybridized carbons (Fsp3) is 0.643. The summed E-state index contributed by atoms with van der Waals surface area (Å²) in [4.78, 5) is 22.2. The maximum Gasteiger partial charge on any atom is 0.220 e. The molecule has 2 rings (SSSR count). The minimum Gasteiger partial charge on any atom is -0.334 e. The third-order valence-corrected chi connectivity index (χ3v) is 5.20. The zero-order valence-electron chi connectivity index (χ0n) is 13.2. The molecule has 1 amide bonds. The molecule has 1 fully saturated rings. The van der Waals surface area contributed by atoms with Crippen molar-refractivity contribution in [3.05, 3.63) is 23.3 Å². The molecule has 1 atom stereocenters. The van der Waals surface area contributed by atoms with Crippen LogP contribution >= 0.6 is 0 Å². The number of carbonyl (C=O) groups is 1. The summed E-state index contributed by atoms with van der Waals surface area (Å²) in [6.45, 7) is 5.78. The summed E-state index contributed by atoms with van der Waals surface area (Å²) in [6, 6.07) is -0.0969. The summed E-state index contributed by atoms with van der Waals surface area (Å²) in [7, 11) is -3.28. The van der Waals surface area contributed by atoms with E-state index in [1.807, 2.05) is 0 Å². The average Bonchev–Trinajstić information content (AvgIpc) is 2.95. The van der Waals surface area contributed by atoms with E-state index in [4.69, 9.17) is 0 Å². The number of nitrogens with one attached hydrogen (secondary N) is 1. The Bertz CT molecular complexity index is 660. The Balaban J connectivity index is 2.30. The highest BCUT2D eigenvalue weighted by Gasteiger charge is 2.31. The zero-order chi connectivity index (χ0) is 16.3. The molecule has 1 aliphatic heterocycles. The molecule has 122 valence electrons. The average molecular weight is 326 g/mol. The molecule has 0 aliphatic carbocycles. The molecule has 1 aromatic heterocycles. The van der Waals surface area contributed by atoms with Crippen LogP contribution in [0.1, 0.15) is 49.8 Å². The van der Waals surface area contributed by atoms with Gasteiger partial charge in [-0.05, 0) is 26.7 Å². The van der Waals surface area contributed by atoms with Crippen molar-refractivity contribution in [2.75, 3.05) is 12.3 Å². The number of sulfonamides is 1. The number of aryl methyl sites for hydroxylation is 1. The van der Waals surface area contributed by atoms with E-state index in [9.17, 15) is 13.2 Å². The van der Waals surface area contributed by atoms with Gasteiger partial charge in [0.05, 0.1) is 17.5 Å². The molecule has 0 unspecified atom stereocenters. The van der Waals surface area contributed by atoms with Gasteiger partial charge in [0.15, 0.2) is 0 Å². The molecule has 1 aliphatic rings. The second-order valence-electron chi connectivity index (χ2n) is 5.42. The van der Waals surface area contributed by atoms with Crippen molar-refractivity contribution in [3.63, 3.8) is 0 Å². The molecule has 1 saturated heterocycles. The first-order chi connectivity index (χ1) is 10.3. The summed E-state index contributed by atoms with van der Waals surface area (Å²) in [5.41, 5.74) is 1.47. The second-order valence-corrected chi connectivity index (χ2v) is 7.52. The van der Waals surface area contributed by atoms with Gasteiger partial charge in [0, 0.05) is 31.8 Å². The number of nitrogens with zero attached hydrogens (tertiary/aromatic N) is 3. The molecule has 0 radical (unpaired) electrons. The van der Waals surface area contributed by atoms with Crippen molar-refractivity contribution in [1.82, 2.24) is 19.6 Å². The van der Waals surface area contributed by atoms with Crippen molar-refractivity contribution in [3.8, 4) is 0 Å². The van der Waals surface area contributed by atoms with E-state index in [2.05, 4.69) is 14.7 Å². The molecule has 0 aromatic carbocycles. The summed E-state index contributed by atoms with van der Waals surface area (Å²) in [5, 5.41) is 0. The lowest BCUT2D eigenvalue weighted by Crippen LogP contribution is -2.31. The standard InChI is InChI=1S/C14H22N4O3S/c1-4-22(20,21)16-9-12-8-15-10(2)17-14(12)13-6-5-7-18(13)11(3)19/h8,13,16H,4-7,9H2,1-3H3/t13-/m1/s1. The quantitative estimate of drug-likeness (QED) is 0.868. The van der Waals surface area contributed by atoms with Gasteiger partial charge in [-0.25, -0.2) is 23.1 Å². The lowest BCUT2D eigenvalue weighted by Gasteiger charge is -2.24. The first kappa shape index (κ1) is 16.8. The number of likely N-dealkylation sites (tertiary alicyclic amines) is 1. The van der Waals surface area contributed by atoms with Crippen molar-refractivity contribution >= 4 is 15.9 Å². The molecule has 0 saturated carbocycles. The van der Waals surface area contributed by atoms with E-state index >= 15 is 0 Å². The van der Waals surface area contributed by atoms with Gasteiger partial charge in [0.2, 0.25) is 15.9 Å². The highest BCUT2D eigenvalue weighted by atomic mass is 32.2. The van der Waals surface area contributed by atoms with E-state index in [1.54, 1.807) is 31.9 Å².